The summed E-state index contributed by atoms with van der Waals surface area (Å²) in [6.45, 7) is 3.85. The fraction of sp³-hybridized carbons (Fsp3) is 0.417. The molecule has 1 aromatic rings. The summed E-state index contributed by atoms with van der Waals surface area (Å²) in [5.74, 6) is 1.23. The number of hydrogen-bond acceptors (Lipinski definition) is 4. The van der Waals surface area contributed by atoms with Gasteiger partial charge in [-0.3, -0.25) is 4.79 Å². The molecule has 0 saturated heterocycles. The van der Waals surface area contributed by atoms with Crippen molar-refractivity contribution < 1.29 is 14.3 Å². The van der Waals surface area contributed by atoms with Crippen molar-refractivity contribution in [3.05, 3.63) is 18.2 Å². The maximum atomic E-state index is 11.7. The highest BCUT2D eigenvalue weighted by Crippen LogP contribution is 2.34. The van der Waals surface area contributed by atoms with Crippen molar-refractivity contribution >= 4 is 11.6 Å². The van der Waals surface area contributed by atoms with Crippen LogP contribution < -0.4 is 20.5 Å². The quantitative estimate of drug-likeness (QED) is 0.833. The monoisotopic (exact) mass is 236 g/mol. The van der Waals surface area contributed by atoms with Gasteiger partial charge in [0.05, 0.1) is 0 Å². The molecule has 0 atom stereocenters. The number of benzene rings is 1. The molecule has 0 aliphatic carbocycles. The Morgan fingerprint density at radius 1 is 1.41 bits per heavy atom. The van der Waals surface area contributed by atoms with Gasteiger partial charge in [0.1, 0.15) is 0 Å². The zero-order valence-electron chi connectivity index (χ0n) is 9.95. The maximum Gasteiger partial charge on any atom is 0.231 e. The van der Waals surface area contributed by atoms with Crippen molar-refractivity contribution in [2.75, 3.05) is 12.1 Å². The second-order valence-electron chi connectivity index (χ2n) is 4.78. The van der Waals surface area contributed by atoms with Crippen LogP contribution in [0.1, 0.15) is 20.3 Å². The number of rotatable bonds is 3. The number of amides is 1. The van der Waals surface area contributed by atoms with Gasteiger partial charge in [0, 0.05) is 23.7 Å². The van der Waals surface area contributed by atoms with E-state index in [1.165, 1.54) is 0 Å². The maximum absolute atomic E-state index is 11.7. The van der Waals surface area contributed by atoms with E-state index in [-0.39, 0.29) is 19.1 Å². The van der Waals surface area contributed by atoms with Crippen molar-refractivity contribution in [3.8, 4) is 11.5 Å². The molecule has 1 amide bonds. The molecule has 0 spiro atoms. The van der Waals surface area contributed by atoms with Gasteiger partial charge in [0.25, 0.3) is 0 Å². The van der Waals surface area contributed by atoms with E-state index >= 15 is 0 Å². The second kappa shape index (κ2) is 4.25. The average Bonchev–Trinajstić information content (AvgIpc) is 2.61. The molecule has 5 nitrogen and oxygen atoms in total. The third kappa shape index (κ3) is 3.10. The molecule has 0 saturated carbocycles. The fourth-order valence-corrected chi connectivity index (χ4v) is 1.59. The Balaban J connectivity index is 2.02. The number of nitrogens with one attached hydrogen (secondary N) is 1. The molecule has 1 aliphatic heterocycles. The molecule has 1 aromatic carbocycles. The lowest BCUT2D eigenvalue weighted by atomic mass is 10.0. The van der Waals surface area contributed by atoms with Crippen LogP contribution >= 0.6 is 0 Å². The van der Waals surface area contributed by atoms with Gasteiger partial charge in [-0.1, -0.05) is 0 Å². The van der Waals surface area contributed by atoms with Gasteiger partial charge in [0.2, 0.25) is 12.7 Å². The first-order valence-electron chi connectivity index (χ1n) is 5.42. The molecule has 17 heavy (non-hydrogen) atoms. The van der Waals surface area contributed by atoms with Gasteiger partial charge in [-0.25, -0.2) is 0 Å². The Bertz CT molecular complexity index is 438. The summed E-state index contributed by atoms with van der Waals surface area (Å²) in [4.78, 5) is 11.7. The third-order valence-corrected chi connectivity index (χ3v) is 2.27. The van der Waals surface area contributed by atoms with Gasteiger partial charge in [-0.05, 0) is 26.0 Å². The predicted octanol–water partition coefficient (Wildman–Crippen LogP) is 1.48. The minimum absolute atomic E-state index is 0.114. The summed E-state index contributed by atoms with van der Waals surface area (Å²) in [5.41, 5.74) is 5.95. The van der Waals surface area contributed by atoms with E-state index < -0.39 is 5.54 Å². The van der Waals surface area contributed by atoms with E-state index in [0.29, 0.717) is 17.2 Å². The van der Waals surface area contributed by atoms with Gasteiger partial charge >= 0.3 is 0 Å². The highest BCUT2D eigenvalue weighted by molar-refractivity contribution is 5.91. The van der Waals surface area contributed by atoms with Crippen LogP contribution in [0.15, 0.2) is 18.2 Å². The first-order chi connectivity index (χ1) is 7.94. The van der Waals surface area contributed by atoms with Crippen LogP contribution in [0.2, 0.25) is 0 Å². The Morgan fingerprint density at radius 3 is 2.82 bits per heavy atom. The minimum atomic E-state index is -0.513. The Kier molecular flexibility index (Phi) is 2.93. The molecule has 5 heteroatoms. The first-order valence-corrected chi connectivity index (χ1v) is 5.42. The Morgan fingerprint density at radius 2 is 2.12 bits per heavy atom. The molecule has 0 unspecified atom stereocenters. The predicted molar refractivity (Wildman–Crippen MR) is 64.1 cm³/mol. The molecule has 2 rings (SSSR count). The lowest BCUT2D eigenvalue weighted by molar-refractivity contribution is -0.117. The van der Waals surface area contributed by atoms with E-state index in [2.05, 4.69) is 5.32 Å². The number of carbonyl (C=O) groups is 1. The molecule has 1 heterocycles. The smallest absolute Gasteiger partial charge is 0.231 e. The summed E-state index contributed by atoms with van der Waals surface area (Å²) in [6.07, 6.45) is 0.265. The molecule has 92 valence electrons. The van der Waals surface area contributed by atoms with E-state index in [4.69, 9.17) is 15.2 Å². The topological polar surface area (TPSA) is 73.6 Å². The van der Waals surface area contributed by atoms with Crippen LogP contribution in [0, 0.1) is 0 Å². The molecular formula is C12H16N2O3. The fourth-order valence-electron chi connectivity index (χ4n) is 1.59. The highest BCUT2D eigenvalue weighted by atomic mass is 16.7. The van der Waals surface area contributed by atoms with E-state index in [1.54, 1.807) is 18.2 Å². The van der Waals surface area contributed by atoms with Crippen LogP contribution in [0.4, 0.5) is 5.69 Å². The Hall–Kier alpha value is -1.75. The highest BCUT2D eigenvalue weighted by Gasteiger charge is 2.18. The van der Waals surface area contributed by atoms with Crippen LogP contribution in [-0.4, -0.2) is 18.2 Å². The third-order valence-electron chi connectivity index (χ3n) is 2.27. The minimum Gasteiger partial charge on any atom is -0.454 e. The number of nitrogens with two attached hydrogens (primary N) is 1. The molecule has 0 fully saturated rings. The van der Waals surface area contributed by atoms with Gasteiger partial charge in [0.15, 0.2) is 11.5 Å². The van der Waals surface area contributed by atoms with E-state index in [9.17, 15) is 4.79 Å². The first kappa shape index (κ1) is 11.7. The SMILES string of the molecule is CC(C)(N)CC(=O)Nc1ccc2c(c1)OCO2. The largest absolute Gasteiger partial charge is 0.454 e. The van der Waals surface area contributed by atoms with Crippen LogP contribution in [0.25, 0.3) is 0 Å². The zero-order chi connectivity index (χ0) is 12.5. The Labute approximate surface area is 99.9 Å². The van der Waals surface area contributed by atoms with Crippen molar-refractivity contribution in [2.45, 2.75) is 25.8 Å². The molecule has 0 aromatic heterocycles. The van der Waals surface area contributed by atoms with E-state index in [0.717, 1.165) is 0 Å². The van der Waals surface area contributed by atoms with Crippen molar-refractivity contribution in [2.24, 2.45) is 5.73 Å². The summed E-state index contributed by atoms with van der Waals surface area (Å²) in [5, 5.41) is 2.77. The zero-order valence-corrected chi connectivity index (χ0v) is 9.95. The molecule has 0 radical (unpaired) electrons. The average molecular weight is 236 g/mol. The second-order valence-corrected chi connectivity index (χ2v) is 4.78. The van der Waals surface area contributed by atoms with Crippen LogP contribution in [-0.2, 0) is 4.79 Å². The summed E-state index contributed by atoms with van der Waals surface area (Å²) in [6, 6.07) is 5.28. The molecule has 1 aliphatic rings. The molecular weight excluding hydrogens is 220 g/mol. The number of ether oxygens (including phenoxy) is 2. The molecule has 0 bridgehead atoms. The van der Waals surface area contributed by atoms with Crippen molar-refractivity contribution in [3.63, 3.8) is 0 Å². The van der Waals surface area contributed by atoms with Gasteiger partial charge in [-0.15, -0.1) is 0 Å². The number of fused-ring (bicyclic) bond motifs is 1. The lowest BCUT2D eigenvalue weighted by Gasteiger charge is -2.17. The lowest BCUT2D eigenvalue weighted by Crippen LogP contribution is -2.36. The summed E-state index contributed by atoms with van der Waals surface area (Å²) in [7, 11) is 0. The number of anilines is 1. The summed E-state index contributed by atoms with van der Waals surface area (Å²) >= 11 is 0. The number of carbonyl (C=O) groups excluding carboxylic acids is 1. The van der Waals surface area contributed by atoms with Gasteiger partial charge in [-0.2, -0.15) is 0 Å². The number of hydrogen-bond donors (Lipinski definition) is 2. The van der Waals surface area contributed by atoms with Crippen molar-refractivity contribution in [1.82, 2.24) is 0 Å². The normalized spacial score (nSPS) is 13.6. The standard InChI is InChI=1S/C12H16N2O3/c1-12(2,13)6-11(15)14-8-3-4-9-10(5-8)17-7-16-9/h3-5H,6-7,13H2,1-2H3,(H,14,15). The van der Waals surface area contributed by atoms with Crippen LogP contribution in [0.5, 0.6) is 11.5 Å². The molecule has 3 N–H and O–H groups in total. The van der Waals surface area contributed by atoms with E-state index in [1.807, 2.05) is 13.8 Å². The van der Waals surface area contributed by atoms with Crippen LogP contribution in [0.3, 0.4) is 0 Å². The van der Waals surface area contributed by atoms with Gasteiger partial charge < -0.3 is 20.5 Å². The summed E-state index contributed by atoms with van der Waals surface area (Å²) < 4.78 is 10.4. The van der Waals surface area contributed by atoms with Crippen molar-refractivity contribution in [1.29, 1.82) is 0 Å².